The summed E-state index contributed by atoms with van der Waals surface area (Å²) in [5.74, 6) is 0.00113. The Kier molecular flexibility index (Phi) is 2.27. The van der Waals surface area contributed by atoms with Gasteiger partial charge in [-0.2, -0.15) is 0 Å². The number of aromatic amines is 2. The average Bonchev–Trinajstić information content (AvgIpc) is 2.68. The van der Waals surface area contributed by atoms with Gasteiger partial charge in [0.1, 0.15) is 11.8 Å². The number of primary amides is 1. The Hall–Kier alpha value is -2.08. The van der Waals surface area contributed by atoms with Crippen LogP contribution in [0.2, 0.25) is 0 Å². The Balaban J connectivity index is 2.56. The van der Waals surface area contributed by atoms with Crippen molar-refractivity contribution in [3.8, 4) is 0 Å². The standard InChI is InChI=1S/C12H9BrN4O/c13-5-1-2-8-6(3-5)9-10(17-8)7(12(15)18)4-16-11(9)14/h1-4,17H,(H2,14,16)(H2,15,18)/p+1. The number of hydrogen-bond acceptors (Lipinski definition) is 2. The molecule has 3 aromatic rings. The second kappa shape index (κ2) is 3.71. The van der Waals surface area contributed by atoms with Gasteiger partial charge in [-0.25, -0.2) is 4.98 Å². The summed E-state index contributed by atoms with van der Waals surface area (Å²) < 4.78 is 0.944. The molecule has 1 amide bonds. The third-order valence-electron chi connectivity index (χ3n) is 2.94. The molecule has 6 heteroatoms. The van der Waals surface area contributed by atoms with Gasteiger partial charge in [-0.3, -0.25) is 10.5 Å². The predicted molar refractivity (Wildman–Crippen MR) is 73.0 cm³/mol. The van der Waals surface area contributed by atoms with Gasteiger partial charge >= 0.3 is 0 Å². The highest BCUT2D eigenvalue weighted by Crippen LogP contribution is 2.31. The van der Waals surface area contributed by atoms with Gasteiger partial charge in [0.25, 0.3) is 11.7 Å². The number of rotatable bonds is 1. The Bertz CT molecular complexity index is 793. The number of carbonyl (C=O) groups is 1. The first kappa shape index (κ1) is 11.0. The van der Waals surface area contributed by atoms with Gasteiger partial charge in [-0.05, 0) is 18.2 Å². The summed E-state index contributed by atoms with van der Waals surface area (Å²) in [4.78, 5) is 17.4. The average molecular weight is 306 g/mol. The van der Waals surface area contributed by atoms with E-state index in [-0.39, 0.29) is 0 Å². The van der Waals surface area contributed by atoms with Crippen LogP contribution in [0.25, 0.3) is 21.8 Å². The number of benzene rings is 1. The van der Waals surface area contributed by atoms with E-state index in [4.69, 9.17) is 11.5 Å². The first-order chi connectivity index (χ1) is 8.58. The van der Waals surface area contributed by atoms with E-state index in [1.165, 1.54) is 6.20 Å². The molecule has 0 radical (unpaired) electrons. The number of halogens is 1. The molecule has 0 saturated carbocycles. The van der Waals surface area contributed by atoms with Crippen molar-refractivity contribution in [2.75, 3.05) is 5.73 Å². The van der Waals surface area contributed by atoms with E-state index in [9.17, 15) is 4.79 Å². The van der Waals surface area contributed by atoms with Crippen molar-refractivity contribution in [1.29, 1.82) is 0 Å². The van der Waals surface area contributed by atoms with Crippen molar-refractivity contribution in [2.45, 2.75) is 0 Å². The lowest BCUT2D eigenvalue weighted by Crippen LogP contribution is -2.18. The summed E-state index contributed by atoms with van der Waals surface area (Å²) in [7, 11) is 0. The third kappa shape index (κ3) is 1.46. The van der Waals surface area contributed by atoms with Gasteiger partial charge in [0.2, 0.25) is 0 Å². The number of carbonyl (C=O) groups excluding carboxylic acids is 1. The lowest BCUT2D eigenvalue weighted by molar-refractivity contribution is -0.358. The molecule has 3 rings (SSSR count). The number of nitrogens with two attached hydrogens (primary N) is 2. The molecule has 90 valence electrons. The van der Waals surface area contributed by atoms with Crippen LogP contribution in [0.15, 0.2) is 28.9 Å². The Labute approximate surface area is 110 Å². The monoisotopic (exact) mass is 305 g/mol. The van der Waals surface area contributed by atoms with Gasteiger partial charge in [0, 0.05) is 15.4 Å². The third-order valence-corrected chi connectivity index (χ3v) is 3.43. The van der Waals surface area contributed by atoms with Crippen molar-refractivity contribution in [3.05, 3.63) is 34.4 Å². The molecule has 0 saturated heterocycles. The smallest absolute Gasteiger partial charge is 0.280 e. The van der Waals surface area contributed by atoms with Gasteiger partial charge in [0.05, 0.1) is 10.9 Å². The van der Waals surface area contributed by atoms with Crippen LogP contribution in [0, 0.1) is 0 Å². The molecule has 6 N–H and O–H groups in total. The molecule has 1 aromatic carbocycles. The van der Waals surface area contributed by atoms with Crippen LogP contribution in [-0.2, 0) is 0 Å². The van der Waals surface area contributed by atoms with Crippen LogP contribution < -0.4 is 16.5 Å². The van der Waals surface area contributed by atoms with Gasteiger partial charge < -0.3 is 10.7 Å². The summed E-state index contributed by atoms with van der Waals surface area (Å²) in [6.45, 7) is 0. The lowest BCUT2D eigenvalue weighted by atomic mass is 10.1. The summed E-state index contributed by atoms with van der Waals surface area (Å²) >= 11 is 3.42. The molecule has 0 fully saturated rings. The van der Waals surface area contributed by atoms with Crippen molar-refractivity contribution < 1.29 is 9.78 Å². The van der Waals surface area contributed by atoms with Crippen LogP contribution in [0.1, 0.15) is 10.4 Å². The second-order valence-corrected chi connectivity index (χ2v) is 4.96. The summed E-state index contributed by atoms with van der Waals surface area (Å²) in [6, 6.07) is 5.79. The molecule has 0 aliphatic heterocycles. The van der Waals surface area contributed by atoms with E-state index >= 15 is 0 Å². The molecule has 0 spiro atoms. The van der Waals surface area contributed by atoms with Crippen LogP contribution in [0.3, 0.4) is 0 Å². The number of anilines is 1. The first-order valence-corrected chi connectivity index (χ1v) is 6.08. The number of nitrogens with one attached hydrogen (secondary N) is 2. The first-order valence-electron chi connectivity index (χ1n) is 5.29. The van der Waals surface area contributed by atoms with E-state index in [0.717, 1.165) is 20.8 Å². The molecule has 18 heavy (non-hydrogen) atoms. The zero-order valence-electron chi connectivity index (χ0n) is 9.25. The second-order valence-electron chi connectivity index (χ2n) is 4.05. The number of aromatic nitrogens is 2. The minimum absolute atomic E-state index is 0.395. The fourth-order valence-electron chi connectivity index (χ4n) is 2.13. The highest BCUT2D eigenvalue weighted by atomic mass is 79.9. The predicted octanol–water partition coefficient (Wildman–Crippen LogP) is 1.58. The number of H-pyrrole nitrogens is 2. The molecule has 0 aliphatic carbocycles. The zero-order valence-corrected chi connectivity index (χ0v) is 10.8. The Morgan fingerprint density at radius 1 is 1.39 bits per heavy atom. The number of pyridine rings is 1. The molecule has 2 aromatic heterocycles. The van der Waals surface area contributed by atoms with Crippen LogP contribution in [0.4, 0.5) is 5.82 Å². The van der Waals surface area contributed by atoms with Gasteiger partial charge in [-0.1, -0.05) is 15.9 Å². The van der Waals surface area contributed by atoms with E-state index in [1.807, 2.05) is 18.2 Å². The Morgan fingerprint density at radius 3 is 2.89 bits per heavy atom. The van der Waals surface area contributed by atoms with E-state index < -0.39 is 5.91 Å². The minimum atomic E-state index is -0.498. The molecule has 2 heterocycles. The van der Waals surface area contributed by atoms with Crippen LogP contribution in [0.5, 0.6) is 0 Å². The SMILES string of the molecule is NC(=O)c1c[nH+]c(N)c2c1[nH]c1ccc(Br)cc12. The normalized spacial score (nSPS) is 11.2. The van der Waals surface area contributed by atoms with Crippen LogP contribution >= 0.6 is 15.9 Å². The van der Waals surface area contributed by atoms with Crippen molar-refractivity contribution in [3.63, 3.8) is 0 Å². The fourth-order valence-corrected chi connectivity index (χ4v) is 2.50. The van der Waals surface area contributed by atoms with Crippen molar-refractivity contribution >= 4 is 49.5 Å². The quantitative estimate of drug-likeness (QED) is 0.636. The Morgan fingerprint density at radius 2 is 2.17 bits per heavy atom. The maximum absolute atomic E-state index is 11.4. The highest BCUT2D eigenvalue weighted by molar-refractivity contribution is 9.10. The summed E-state index contributed by atoms with van der Waals surface area (Å²) in [6.07, 6.45) is 1.52. The molecule has 5 nitrogen and oxygen atoms in total. The van der Waals surface area contributed by atoms with Crippen LogP contribution in [-0.4, -0.2) is 10.9 Å². The largest absolute Gasteiger partial charge is 0.365 e. The molecule has 0 unspecified atom stereocenters. The molecular weight excluding hydrogens is 296 g/mol. The zero-order chi connectivity index (χ0) is 12.9. The number of amides is 1. The van der Waals surface area contributed by atoms with Gasteiger partial charge in [-0.15, -0.1) is 0 Å². The topological polar surface area (TPSA) is 99.0 Å². The van der Waals surface area contributed by atoms with E-state index in [2.05, 4.69) is 25.9 Å². The fraction of sp³-hybridized carbons (Fsp3) is 0. The molecular formula is C12H10BrN4O+. The van der Waals surface area contributed by atoms with E-state index in [0.29, 0.717) is 16.9 Å². The summed E-state index contributed by atoms with van der Waals surface area (Å²) in [5, 5.41) is 1.72. The maximum Gasteiger partial charge on any atom is 0.280 e. The number of hydrogen-bond donors (Lipinski definition) is 3. The molecule has 0 bridgehead atoms. The molecule has 0 aliphatic rings. The number of fused-ring (bicyclic) bond motifs is 3. The van der Waals surface area contributed by atoms with Crippen molar-refractivity contribution in [2.24, 2.45) is 5.73 Å². The van der Waals surface area contributed by atoms with Gasteiger partial charge in [0.15, 0.2) is 0 Å². The molecule has 0 atom stereocenters. The van der Waals surface area contributed by atoms with E-state index in [1.54, 1.807) is 0 Å². The lowest BCUT2D eigenvalue weighted by Gasteiger charge is -1.97. The summed E-state index contributed by atoms with van der Waals surface area (Å²) in [5.41, 5.74) is 13.3. The minimum Gasteiger partial charge on any atom is -0.365 e. The number of nitrogen functional groups attached to an aromatic ring is 1. The van der Waals surface area contributed by atoms with Crippen molar-refractivity contribution in [1.82, 2.24) is 4.98 Å². The highest BCUT2D eigenvalue weighted by Gasteiger charge is 2.18. The maximum atomic E-state index is 11.4.